The molecule has 62 heavy (non-hydrogen) atoms. The summed E-state index contributed by atoms with van der Waals surface area (Å²) in [6.45, 7) is 20.7. The maximum absolute atomic E-state index is 13.3. The number of carbonyl (C=O) groups is 2. The molecule has 6 aliphatic rings. The molecule has 3 N–H and O–H groups in total. The van der Waals surface area contributed by atoms with E-state index in [1.54, 1.807) is 27.9 Å². The van der Waals surface area contributed by atoms with Crippen LogP contribution in [0.15, 0.2) is 11.6 Å². The third-order valence-electron chi connectivity index (χ3n) is 15.8. The van der Waals surface area contributed by atoms with Crippen LogP contribution in [-0.4, -0.2) is 119 Å². The Hall–Kier alpha value is -0.560. The molecule has 0 amide bonds. The number of carbonyl (C=O) groups excluding carboxylic acids is 2. The van der Waals surface area contributed by atoms with E-state index in [1.807, 2.05) is 40.7 Å². The number of rotatable bonds is 13. The summed E-state index contributed by atoms with van der Waals surface area (Å²) < 4.78 is 53.9. The van der Waals surface area contributed by atoms with Gasteiger partial charge in [0.25, 0.3) is 0 Å². The molecule has 21 atom stereocenters. The first-order valence-electron chi connectivity index (χ1n) is 23.2. The number of aliphatic carboxylic acids is 1. The summed E-state index contributed by atoms with van der Waals surface area (Å²) in [5.41, 5.74) is -0.352. The molecule has 6 heterocycles. The summed E-state index contributed by atoms with van der Waals surface area (Å²) >= 11 is 0. The van der Waals surface area contributed by atoms with Crippen molar-refractivity contribution < 1.29 is 97.5 Å². The Morgan fingerprint density at radius 3 is 2.24 bits per heavy atom. The third-order valence-corrected chi connectivity index (χ3v) is 15.8. The first kappa shape index (κ1) is 52.4. The topological polar surface area (TPSA) is 192 Å². The number of allylic oxidation sites excluding steroid dienone is 1. The van der Waals surface area contributed by atoms with Crippen LogP contribution in [-0.2, 0) is 47.5 Å². The molecule has 0 aromatic carbocycles. The molecule has 2 spiro atoms. The van der Waals surface area contributed by atoms with E-state index in [4.69, 9.17) is 37.9 Å². The number of methoxy groups -OCH3 is 1. The van der Waals surface area contributed by atoms with Gasteiger partial charge in [0.05, 0.1) is 61.0 Å². The van der Waals surface area contributed by atoms with Gasteiger partial charge in [-0.2, -0.15) is 0 Å². The summed E-state index contributed by atoms with van der Waals surface area (Å²) in [6.07, 6.45) is 3.10. The molecule has 0 bridgehead atoms. The van der Waals surface area contributed by atoms with Gasteiger partial charge < -0.3 is 63.1 Å². The number of aliphatic hydroxyl groups is 3. The van der Waals surface area contributed by atoms with Crippen molar-refractivity contribution in [1.29, 1.82) is 0 Å². The Morgan fingerprint density at radius 1 is 0.919 bits per heavy atom. The predicted molar refractivity (Wildman–Crippen MR) is 221 cm³/mol. The van der Waals surface area contributed by atoms with Crippen LogP contribution < -0.4 is 34.7 Å². The fourth-order valence-electron chi connectivity index (χ4n) is 11.8. The van der Waals surface area contributed by atoms with Gasteiger partial charge in [-0.05, 0) is 70.3 Å². The van der Waals surface area contributed by atoms with Gasteiger partial charge in [-0.25, -0.2) is 0 Å². The van der Waals surface area contributed by atoms with Gasteiger partial charge in [0.1, 0.15) is 0 Å². The van der Waals surface area contributed by atoms with E-state index < -0.39 is 84.2 Å². The van der Waals surface area contributed by atoms with E-state index in [-0.39, 0.29) is 102 Å². The fourth-order valence-corrected chi connectivity index (χ4v) is 11.8. The SMILES string of the molecule is CO[C@H]1CCC(O[C@H]2C[C@H]([C@]3(C)CC[C@]4(C[C@H](O)[C@@H](C)[C@@H]([C@@H](C)/C=C(\C)C(=O)[C@H](C)C[C@H](C)C(=O)[O-])O4)O3)O[C@]3(O[C@@H]([C@H]4O[C@@](O)(CO)[C@H](C)C[C@@H]4C)C[C@@H]3C)[C@@H]2C)O[C@@H]1C.[Na+]. The third kappa shape index (κ3) is 10.4. The first-order valence-corrected chi connectivity index (χ1v) is 23.2. The molecule has 6 rings (SSSR count). The van der Waals surface area contributed by atoms with E-state index in [2.05, 4.69) is 20.8 Å². The van der Waals surface area contributed by atoms with E-state index in [0.717, 1.165) is 6.42 Å². The second kappa shape index (κ2) is 20.3. The van der Waals surface area contributed by atoms with Crippen molar-refractivity contribution in [2.45, 2.75) is 212 Å². The van der Waals surface area contributed by atoms with Crippen LogP contribution >= 0.6 is 0 Å². The molecule has 0 saturated carbocycles. The van der Waals surface area contributed by atoms with Crippen LogP contribution in [0.1, 0.15) is 134 Å². The monoisotopic (exact) mass is 889 g/mol. The van der Waals surface area contributed by atoms with Gasteiger partial charge in [0, 0.05) is 74.3 Å². The van der Waals surface area contributed by atoms with Crippen molar-refractivity contribution in [2.24, 2.45) is 47.3 Å². The molecule has 0 aromatic heterocycles. The minimum Gasteiger partial charge on any atom is -0.550 e. The van der Waals surface area contributed by atoms with E-state index in [0.29, 0.717) is 44.1 Å². The van der Waals surface area contributed by atoms with E-state index in [9.17, 15) is 30.0 Å². The molecule has 0 radical (unpaired) electrons. The molecule has 0 aliphatic carbocycles. The Kier molecular flexibility index (Phi) is 17.2. The van der Waals surface area contributed by atoms with Gasteiger partial charge in [-0.3, -0.25) is 4.79 Å². The quantitative estimate of drug-likeness (QED) is 0.179. The molecule has 15 heteroatoms. The number of hydrogen-bond donors (Lipinski definition) is 3. The zero-order valence-corrected chi connectivity index (χ0v) is 41.8. The molecule has 6 fully saturated rings. The Balaban J connectivity index is 0.00000726. The standard InChI is InChI=1S/C47H78O14.Na/c1-24(40(50)25(2)18-28(5)43(51)52)17-26(3)41-31(8)34(49)22-45(59-41)16-15-44(11,61-45)38-21-36(56-39-14-13-35(54-12)33(10)55-39)32(9)47(58-38)30(7)20-37(57-47)42-27(4)19-29(6)46(53,23-48)60-42;/h17,25-39,41-42,48-49,53H,13-16,18-23H2,1-12H3,(H,51,52);/q;+1/p-1/b24-17+;/t25-,26+,27+,28+,29-,30+,31-,32-,33-,34+,35+,36+,37-,38-,39?,41-,42+,44+,45-,46+,47+;/m1./s1. The normalized spacial score (nSPS) is 47.8. The minimum absolute atomic E-state index is 0. The van der Waals surface area contributed by atoms with Crippen molar-refractivity contribution in [2.75, 3.05) is 13.7 Å². The van der Waals surface area contributed by atoms with Crippen molar-refractivity contribution in [1.82, 2.24) is 0 Å². The Morgan fingerprint density at radius 2 is 1.61 bits per heavy atom. The van der Waals surface area contributed by atoms with E-state index in [1.165, 1.54) is 0 Å². The summed E-state index contributed by atoms with van der Waals surface area (Å²) in [5.74, 6) is -7.48. The molecule has 6 aliphatic heterocycles. The van der Waals surface area contributed by atoms with Gasteiger partial charge in [0.15, 0.2) is 29.4 Å². The van der Waals surface area contributed by atoms with Gasteiger partial charge in [0.2, 0.25) is 0 Å². The average molecular weight is 889 g/mol. The fraction of sp³-hybridized carbons (Fsp3) is 0.915. The summed E-state index contributed by atoms with van der Waals surface area (Å²) in [7, 11) is 1.70. The van der Waals surface area contributed by atoms with Gasteiger partial charge in [-0.15, -0.1) is 0 Å². The van der Waals surface area contributed by atoms with Crippen LogP contribution in [0.2, 0.25) is 0 Å². The molecular formula is C47H77NaO14. The van der Waals surface area contributed by atoms with Crippen LogP contribution in [0.5, 0.6) is 0 Å². The molecular weight excluding hydrogens is 811 g/mol. The molecule has 0 aromatic rings. The van der Waals surface area contributed by atoms with Crippen molar-refractivity contribution in [3.8, 4) is 0 Å². The smallest absolute Gasteiger partial charge is 0.550 e. The van der Waals surface area contributed by atoms with Gasteiger partial charge >= 0.3 is 29.6 Å². The number of hydrogen-bond acceptors (Lipinski definition) is 14. The van der Waals surface area contributed by atoms with Crippen LogP contribution in [0.3, 0.4) is 0 Å². The molecule has 1 unspecified atom stereocenters. The Labute approximate surface area is 392 Å². The molecule has 6 saturated heterocycles. The second-order valence-electron chi connectivity index (χ2n) is 20.6. The van der Waals surface area contributed by atoms with E-state index >= 15 is 0 Å². The molecule has 350 valence electrons. The van der Waals surface area contributed by atoms with Crippen LogP contribution in [0.25, 0.3) is 0 Å². The number of ether oxygens (including phenoxy) is 8. The zero-order chi connectivity index (χ0) is 45.0. The first-order chi connectivity index (χ1) is 28.5. The van der Waals surface area contributed by atoms with Crippen molar-refractivity contribution in [3.05, 3.63) is 11.6 Å². The number of aliphatic hydroxyl groups excluding tert-OH is 2. The average Bonchev–Trinajstić information content (AvgIpc) is 3.71. The summed E-state index contributed by atoms with van der Waals surface area (Å²) in [4.78, 5) is 24.7. The number of carboxylic acids is 1. The summed E-state index contributed by atoms with van der Waals surface area (Å²) in [6, 6.07) is 0. The predicted octanol–water partition coefficient (Wildman–Crippen LogP) is 1.82. The minimum atomic E-state index is -1.67. The van der Waals surface area contributed by atoms with Gasteiger partial charge in [-0.1, -0.05) is 61.5 Å². The number of carboxylic acid groups (broad SMARTS) is 1. The Bertz CT molecular complexity index is 1580. The molecule has 14 nitrogen and oxygen atoms in total. The number of Topliss-reactive ketones (excluding diaryl/α,β-unsaturated/α-hetero) is 1. The van der Waals surface area contributed by atoms with Crippen LogP contribution in [0, 0.1) is 47.3 Å². The zero-order valence-electron chi connectivity index (χ0n) is 39.8. The second-order valence-corrected chi connectivity index (χ2v) is 20.6. The van der Waals surface area contributed by atoms with Crippen molar-refractivity contribution in [3.63, 3.8) is 0 Å². The maximum atomic E-state index is 13.3. The summed E-state index contributed by atoms with van der Waals surface area (Å²) in [5, 5.41) is 44.4. The number of ketones is 1. The largest absolute Gasteiger partial charge is 1.00 e. The van der Waals surface area contributed by atoms with Crippen LogP contribution in [0.4, 0.5) is 0 Å². The maximum Gasteiger partial charge on any atom is 1.00 e. The van der Waals surface area contributed by atoms with Crippen molar-refractivity contribution >= 4 is 11.8 Å².